The average molecular weight is 615 g/mol. The summed E-state index contributed by atoms with van der Waals surface area (Å²) in [6.07, 6.45) is 2.00. The topological polar surface area (TPSA) is 65.7 Å². The van der Waals surface area contributed by atoms with Crippen molar-refractivity contribution < 1.29 is 4.74 Å². The number of benzene rings is 4. The van der Waals surface area contributed by atoms with Gasteiger partial charge in [-0.15, -0.1) is 5.10 Å². The summed E-state index contributed by atoms with van der Waals surface area (Å²) in [6, 6.07) is 24.1. The Kier molecular flexibility index (Phi) is 5.13. The Balaban J connectivity index is 1.55. The summed E-state index contributed by atoms with van der Waals surface area (Å²) in [4.78, 5) is 10.1. The standard InChI is InChI=1S/C29H21Br2N5O/c1-29(2)28(31)26(36-15-22(34-35-36)16-11-13-17(30)14-12-16)23-25-24(32-20-9-5-6-10-21(20)33-25)18-7-3-4-8-19(18)27(23)37-29/h3-15,26,28H,1-2H3/t26-,28+/m1/s1. The zero-order chi connectivity index (χ0) is 25.3. The summed E-state index contributed by atoms with van der Waals surface area (Å²) in [5.41, 5.74) is 5.62. The number of ether oxygens (including phenoxy) is 1. The number of nitrogens with zero attached hydrogens (tertiary/aromatic N) is 5. The van der Waals surface area contributed by atoms with Crippen LogP contribution in [0.25, 0.3) is 44.1 Å². The van der Waals surface area contributed by atoms with Gasteiger partial charge < -0.3 is 4.74 Å². The second-order valence-electron chi connectivity index (χ2n) is 9.84. The highest BCUT2D eigenvalue weighted by molar-refractivity contribution is 9.10. The van der Waals surface area contributed by atoms with Crippen LogP contribution >= 0.6 is 31.9 Å². The van der Waals surface area contributed by atoms with E-state index in [1.165, 1.54) is 0 Å². The van der Waals surface area contributed by atoms with Crippen molar-refractivity contribution in [1.82, 2.24) is 25.0 Å². The first kappa shape index (κ1) is 22.8. The summed E-state index contributed by atoms with van der Waals surface area (Å²) in [5, 5.41) is 11.2. The molecule has 6 aromatic rings. The number of halogens is 2. The molecule has 0 spiro atoms. The Morgan fingerprint density at radius 1 is 0.838 bits per heavy atom. The smallest absolute Gasteiger partial charge is 0.135 e. The highest BCUT2D eigenvalue weighted by atomic mass is 79.9. The lowest BCUT2D eigenvalue weighted by molar-refractivity contribution is 0.0772. The quantitative estimate of drug-likeness (QED) is 0.115. The lowest BCUT2D eigenvalue weighted by Gasteiger charge is -2.42. The average Bonchev–Trinajstić information content (AvgIpc) is 3.39. The summed E-state index contributed by atoms with van der Waals surface area (Å²) in [6.45, 7) is 4.19. The highest BCUT2D eigenvalue weighted by Gasteiger charge is 2.46. The molecule has 4 aromatic carbocycles. The molecule has 0 radical (unpaired) electrons. The monoisotopic (exact) mass is 613 g/mol. The first-order valence-electron chi connectivity index (χ1n) is 12.0. The summed E-state index contributed by atoms with van der Waals surface area (Å²) in [7, 11) is 0. The summed E-state index contributed by atoms with van der Waals surface area (Å²) >= 11 is 7.50. The molecule has 0 fully saturated rings. The molecule has 8 heteroatoms. The third kappa shape index (κ3) is 3.57. The van der Waals surface area contributed by atoms with Gasteiger partial charge in [-0.1, -0.05) is 85.6 Å². The molecule has 0 N–H and O–H groups in total. The van der Waals surface area contributed by atoms with Crippen molar-refractivity contribution in [2.75, 3.05) is 0 Å². The van der Waals surface area contributed by atoms with Gasteiger partial charge in [-0.3, -0.25) is 0 Å². The van der Waals surface area contributed by atoms with Gasteiger partial charge in [-0.25, -0.2) is 14.6 Å². The predicted octanol–water partition coefficient (Wildman–Crippen LogP) is 7.48. The van der Waals surface area contributed by atoms with Crippen LogP contribution in [0.4, 0.5) is 0 Å². The van der Waals surface area contributed by atoms with Gasteiger partial charge in [-0.05, 0) is 38.1 Å². The fourth-order valence-electron chi connectivity index (χ4n) is 5.18. The van der Waals surface area contributed by atoms with Crippen LogP contribution in [0, 0.1) is 0 Å². The maximum absolute atomic E-state index is 6.74. The van der Waals surface area contributed by atoms with Gasteiger partial charge in [0.25, 0.3) is 0 Å². The second-order valence-corrected chi connectivity index (χ2v) is 11.7. The molecule has 6 nitrogen and oxygen atoms in total. The minimum absolute atomic E-state index is 0.107. The third-order valence-electron chi connectivity index (χ3n) is 7.03. The van der Waals surface area contributed by atoms with Crippen molar-refractivity contribution in [1.29, 1.82) is 0 Å². The van der Waals surface area contributed by atoms with Crippen molar-refractivity contribution >= 4 is 64.7 Å². The molecular weight excluding hydrogens is 594 g/mol. The van der Waals surface area contributed by atoms with Crippen LogP contribution in [0.2, 0.25) is 0 Å². The molecule has 0 saturated carbocycles. The number of para-hydroxylation sites is 2. The fraction of sp³-hybridized carbons (Fsp3) is 0.172. The van der Waals surface area contributed by atoms with Crippen LogP contribution in [0.15, 0.2) is 83.5 Å². The number of aromatic nitrogens is 5. The number of fused-ring (bicyclic) bond motifs is 7. The molecule has 1 aliphatic rings. The molecule has 0 saturated heterocycles. The maximum atomic E-state index is 6.74. The Hall–Kier alpha value is -3.36. The SMILES string of the molecule is CC1(C)Oc2c(c3nc4ccccc4nc3c3ccccc23)[C@@H](n2cc(-c3ccc(Br)cc3)nn2)[C@@H]1Br. The molecule has 3 heterocycles. The Labute approximate surface area is 229 Å². The van der Waals surface area contributed by atoms with E-state index in [1.54, 1.807) is 0 Å². The van der Waals surface area contributed by atoms with Crippen LogP contribution < -0.4 is 4.74 Å². The van der Waals surface area contributed by atoms with Crippen LogP contribution in [-0.2, 0) is 0 Å². The molecule has 0 amide bonds. The van der Waals surface area contributed by atoms with Gasteiger partial charge in [0.15, 0.2) is 0 Å². The first-order valence-corrected chi connectivity index (χ1v) is 13.7. The van der Waals surface area contributed by atoms with Crippen LogP contribution in [0.5, 0.6) is 5.75 Å². The van der Waals surface area contributed by atoms with Gasteiger partial charge in [0, 0.05) is 26.4 Å². The number of alkyl halides is 1. The fourth-order valence-corrected chi connectivity index (χ4v) is 6.04. The van der Waals surface area contributed by atoms with Gasteiger partial charge in [0.05, 0.1) is 33.1 Å². The third-order valence-corrected chi connectivity index (χ3v) is 9.17. The van der Waals surface area contributed by atoms with E-state index in [0.29, 0.717) is 0 Å². The van der Waals surface area contributed by atoms with E-state index in [1.807, 2.05) is 71.5 Å². The Morgan fingerprint density at radius 2 is 1.49 bits per heavy atom. The second kappa shape index (κ2) is 8.33. The van der Waals surface area contributed by atoms with Gasteiger partial charge in [0.2, 0.25) is 0 Å². The minimum atomic E-state index is -0.526. The van der Waals surface area contributed by atoms with Gasteiger partial charge in [-0.2, -0.15) is 0 Å². The summed E-state index contributed by atoms with van der Waals surface area (Å²) < 4.78 is 9.70. The molecule has 0 bridgehead atoms. The lowest BCUT2D eigenvalue weighted by atomic mass is 9.86. The van der Waals surface area contributed by atoms with Crippen molar-refractivity contribution in [2.24, 2.45) is 0 Å². The molecule has 37 heavy (non-hydrogen) atoms. The molecule has 2 atom stereocenters. The van der Waals surface area contributed by atoms with Crippen LogP contribution in [0.1, 0.15) is 25.5 Å². The van der Waals surface area contributed by atoms with E-state index >= 15 is 0 Å². The van der Waals surface area contributed by atoms with Gasteiger partial charge in [0.1, 0.15) is 23.1 Å². The molecule has 2 aromatic heterocycles. The number of hydrogen-bond donors (Lipinski definition) is 0. The van der Waals surface area contributed by atoms with Crippen molar-refractivity contribution in [2.45, 2.75) is 30.3 Å². The number of rotatable bonds is 2. The molecule has 1 aliphatic heterocycles. The summed E-state index contributed by atoms with van der Waals surface area (Å²) in [5.74, 6) is 0.819. The largest absolute Gasteiger partial charge is 0.485 e. The zero-order valence-electron chi connectivity index (χ0n) is 20.1. The zero-order valence-corrected chi connectivity index (χ0v) is 23.2. The molecular formula is C29H21Br2N5O. The minimum Gasteiger partial charge on any atom is -0.485 e. The van der Waals surface area contributed by atoms with Crippen LogP contribution in [0.3, 0.4) is 0 Å². The number of hydrogen-bond acceptors (Lipinski definition) is 5. The van der Waals surface area contributed by atoms with Crippen molar-refractivity contribution in [3.8, 4) is 17.0 Å². The Morgan fingerprint density at radius 3 is 2.22 bits per heavy atom. The van der Waals surface area contributed by atoms with E-state index in [9.17, 15) is 0 Å². The van der Waals surface area contributed by atoms with Gasteiger partial charge >= 0.3 is 0 Å². The maximum Gasteiger partial charge on any atom is 0.135 e. The lowest BCUT2D eigenvalue weighted by Crippen LogP contribution is -2.47. The van der Waals surface area contributed by atoms with Crippen LogP contribution in [-0.4, -0.2) is 35.4 Å². The van der Waals surface area contributed by atoms with E-state index in [4.69, 9.17) is 14.7 Å². The van der Waals surface area contributed by atoms with E-state index in [0.717, 1.165) is 59.9 Å². The van der Waals surface area contributed by atoms with Crippen molar-refractivity contribution in [3.63, 3.8) is 0 Å². The Bertz CT molecular complexity index is 1830. The predicted molar refractivity (Wildman–Crippen MR) is 153 cm³/mol. The van der Waals surface area contributed by atoms with E-state index in [2.05, 4.69) is 68.2 Å². The van der Waals surface area contributed by atoms with E-state index in [-0.39, 0.29) is 10.9 Å². The van der Waals surface area contributed by atoms with Crippen molar-refractivity contribution in [3.05, 3.63) is 89.0 Å². The van der Waals surface area contributed by atoms with E-state index < -0.39 is 5.60 Å². The highest BCUT2D eigenvalue weighted by Crippen LogP contribution is 2.51. The molecule has 0 aliphatic carbocycles. The molecule has 182 valence electrons. The molecule has 0 unspecified atom stereocenters. The normalized spacial score (nSPS) is 18.7. The first-order chi connectivity index (χ1) is 17.9. The molecule has 7 rings (SSSR count).